The van der Waals surface area contributed by atoms with E-state index in [0.717, 1.165) is 18.5 Å². The minimum atomic E-state index is -3.70. The summed E-state index contributed by atoms with van der Waals surface area (Å²) in [6.45, 7) is 6.24. The second kappa shape index (κ2) is 6.20. The van der Waals surface area contributed by atoms with Crippen molar-refractivity contribution in [3.8, 4) is 0 Å². The molecule has 2 rings (SSSR count). The van der Waals surface area contributed by atoms with Crippen LogP contribution in [0.25, 0.3) is 0 Å². The highest BCUT2D eigenvalue weighted by molar-refractivity contribution is 7.89. The number of nitrogens with zero attached hydrogens (tertiary/aromatic N) is 1. The van der Waals surface area contributed by atoms with Crippen molar-refractivity contribution >= 4 is 10.0 Å². The summed E-state index contributed by atoms with van der Waals surface area (Å²) in [6.07, 6.45) is 0.833. The third-order valence-electron chi connectivity index (χ3n) is 3.58. The Morgan fingerprint density at radius 3 is 2.75 bits per heavy atom. The average molecular weight is 300 g/mol. The molecule has 0 bridgehead atoms. The van der Waals surface area contributed by atoms with Crippen LogP contribution in [0.15, 0.2) is 23.1 Å². The quantitative estimate of drug-likeness (QED) is 0.904. The monoisotopic (exact) mass is 300 g/mol. The van der Waals surface area contributed by atoms with E-state index in [4.69, 9.17) is 0 Å². The molecule has 1 aliphatic rings. The fourth-order valence-electron chi connectivity index (χ4n) is 2.38. The highest BCUT2D eigenvalue weighted by atomic mass is 32.2. The van der Waals surface area contributed by atoms with Gasteiger partial charge in [-0.2, -0.15) is 4.31 Å². The third kappa shape index (κ3) is 3.19. The predicted octanol–water partition coefficient (Wildman–Crippen LogP) is 1.97. The van der Waals surface area contributed by atoms with Crippen LogP contribution < -0.4 is 5.32 Å². The molecule has 1 fully saturated rings. The van der Waals surface area contributed by atoms with Crippen LogP contribution in [0, 0.1) is 11.7 Å². The molecule has 0 radical (unpaired) electrons. The maximum Gasteiger partial charge on any atom is 0.245 e. The van der Waals surface area contributed by atoms with Crippen molar-refractivity contribution in [1.82, 2.24) is 9.62 Å². The summed E-state index contributed by atoms with van der Waals surface area (Å²) in [4.78, 5) is -0.216. The summed E-state index contributed by atoms with van der Waals surface area (Å²) in [7, 11) is -3.70. The number of sulfonamides is 1. The van der Waals surface area contributed by atoms with Crippen LogP contribution >= 0.6 is 0 Å². The Bertz CT molecular complexity index is 575. The fraction of sp³-hybridized carbons (Fsp3) is 0.571. The average Bonchev–Trinajstić information content (AvgIpc) is 2.83. The van der Waals surface area contributed by atoms with Gasteiger partial charge in [-0.05, 0) is 36.6 Å². The lowest BCUT2D eigenvalue weighted by atomic mass is 10.2. The van der Waals surface area contributed by atoms with Crippen molar-refractivity contribution < 1.29 is 12.8 Å². The van der Waals surface area contributed by atoms with Crippen LogP contribution in [-0.2, 0) is 16.6 Å². The maximum absolute atomic E-state index is 14.1. The molecule has 1 unspecified atom stereocenters. The van der Waals surface area contributed by atoms with E-state index < -0.39 is 15.8 Å². The Morgan fingerprint density at radius 1 is 1.45 bits per heavy atom. The Balaban J connectivity index is 2.24. The molecule has 1 saturated heterocycles. The molecule has 1 N–H and O–H groups in total. The van der Waals surface area contributed by atoms with Crippen molar-refractivity contribution in [3.05, 3.63) is 29.6 Å². The Labute approximate surface area is 120 Å². The van der Waals surface area contributed by atoms with E-state index >= 15 is 0 Å². The minimum Gasteiger partial charge on any atom is -0.313 e. The van der Waals surface area contributed by atoms with Gasteiger partial charge >= 0.3 is 0 Å². The van der Waals surface area contributed by atoms with Crippen molar-refractivity contribution in [2.75, 3.05) is 19.6 Å². The van der Waals surface area contributed by atoms with E-state index in [9.17, 15) is 12.8 Å². The second-order valence-corrected chi connectivity index (χ2v) is 7.21. The first-order valence-electron chi connectivity index (χ1n) is 6.94. The van der Waals surface area contributed by atoms with Crippen LogP contribution in [-0.4, -0.2) is 32.4 Å². The molecular formula is C14H21FN2O2S. The highest BCUT2D eigenvalue weighted by Gasteiger charge is 2.32. The molecule has 0 amide bonds. The minimum absolute atomic E-state index is 0.216. The van der Waals surface area contributed by atoms with E-state index in [1.807, 2.05) is 13.8 Å². The van der Waals surface area contributed by atoms with Crippen LogP contribution in [0.1, 0.15) is 25.8 Å². The van der Waals surface area contributed by atoms with E-state index in [-0.39, 0.29) is 4.90 Å². The summed E-state index contributed by atoms with van der Waals surface area (Å²) in [6, 6.07) is 4.34. The topological polar surface area (TPSA) is 49.4 Å². The zero-order valence-corrected chi connectivity index (χ0v) is 12.7. The lowest BCUT2D eigenvalue weighted by Gasteiger charge is -2.17. The van der Waals surface area contributed by atoms with Crippen molar-refractivity contribution in [3.63, 3.8) is 0 Å². The van der Waals surface area contributed by atoms with Gasteiger partial charge < -0.3 is 5.32 Å². The first kappa shape index (κ1) is 15.4. The maximum atomic E-state index is 14.1. The SMILES string of the molecule is CCNCc1ccc(S(=O)(=O)N2CCC(C)C2)c(F)c1. The number of hydrogen-bond donors (Lipinski definition) is 1. The largest absolute Gasteiger partial charge is 0.313 e. The lowest BCUT2D eigenvalue weighted by Crippen LogP contribution is -2.29. The Hall–Kier alpha value is -0.980. The van der Waals surface area contributed by atoms with E-state index in [1.165, 1.54) is 16.4 Å². The molecule has 1 aliphatic heterocycles. The Kier molecular flexibility index (Phi) is 4.78. The first-order valence-corrected chi connectivity index (χ1v) is 8.38. The first-order chi connectivity index (χ1) is 9.45. The van der Waals surface area contributed by atoms with Gasteiger partial charge in [-0.25, -0.2) is 12.8 Å². The van der Waals surface area contributed by atoms with Crippen LogP contribution in [0.2, 0.25) is 0 Å². The number of halogens is 1. The number of rotatable bonds is 5. The molecule has 0 saturated carbocycles. The third-order valence-corrected chi connectivity index (χ3v) is 5.48. The molecule has 4 nitrogen and oxygen atoms in total. The predicted molar refractivity (Wildman–Crippen MR) is 76.3 cm³/mol. The zero-order chi connectivity index (χ0) is 14.8. The molecular weight excluding hydrogens is 279 g/mol. The summed E-state index contributed by atoms with van der Waals surface area (Å²) in [5.74, 6) is -0.333. The van der Waals surface area contributed by atoms with Gasteiger partial charge in [0.15, 0.2) is 0 Å². The van der Waals surface area contributed by atoms with Gasteiger partial charge in [0.1, 0.15) is 10.7 Å². The van der Waals surface area contributed by atoms with E-state index in [0.29, 0.717) is 25.6 Å². The molecule has 0 aliphatic carbocycles. The van der Waals surface area contributed by atoms with Crippen LogP contribution in [0.3, 0.4) is 0 Å². The van der Waals surface area contributed by atoms with Gasteiger partial charge in [-0.15, -0.1) is 0 Å². The van der Waals surface area contributed by atoms with Gasteiger partial charge in [-0.1, -0.05) is 19.9 Å². The zero-order valence-electron chi connectivity index (χ0n) is 11.9. The molecule has 1 heterocycles. The smallest absolute Gasteiger partial charge is 0.245 e. The molecule has 1 aromatic rings. The molecule has 1 aromatic carbocycles. The summed E-state index contributed by atoms with van der Waals surface area (Å²) >= 11 is 0. The normalized spacial score (nSPS) is 20.4. The van der Waals surface area contributed by atoms with Gasteiger partial charge in [0.05, 0.1) is 0 Å². The molecule has 112 valence electrons. The van der Waals surface area contributed by atoms with Crippen LogP contribution in [0.5, 0.6) is 0 Å². The Morgan fingerprint density at radius 2 is 2.20 bits per heavy atom. The molecule has 1 atom stereocenters. The van der Waals surface area contributed by atoms with Crippen molar-refractivity contribution in [1.29, 1.82) is 0 Å². The molecule has 0 spiro atoms. The number of nitrogens with one attached hydrogen (secondary N) is 1. The van der Waals surface area contributed by atoms with Crippen molar-refractivity contribution in [2.45, 2.75) is 31.7 Å². The lowest BCUT2D eigenvalue weighted by molar-refractivity contribution is 0.458. The second-order valence-electron chi connectivity index (χ2n) is 5.30. The highest BCUT2D eigenvalue weighted by Crippen LogP contribution is 2.26. The molecule has 6 heteroatoms. The summed E-state index contributed by atoms with van der Waals surface area (Å²) < 4.78 is 40.3. The van der Waals surface area contributed by atoms with Crippen molar-refractivity contribution in [2.24, 2.45) is 5.92 Å². The molecule has 20 heavy (non-hydrogen) atoms. The molecule has 0 aromatic heterocycles. The van der Waals surface area contributed by atoms with E-state index in [1.54, 1.807) is 6.07 Å². The number of hydrogen-bond acceptors (Lipinski definition) is 3. The summed E-state index contributed by atoms with van der Waals surface area (Å²) in [5.41, 5.74) is 0.748. The van der Waals surface area contributed by atoms with Gasteiger partial charge in [0.25, 0.3) is 0 Å². The standard InChI is InChI=1S/C14H21FN2O2S/c1-3-16-9-12-4-5-14(13(15)8-12)20(18,19)17-7-6-11(2)10-17/h4-5,8,11,16H,3,6-7,9-10H2,1-2H3. The fourth-order valence-corrected chi connectivity index (χ4v) is 4.00. The van der Waals surface area contributed by atoms with Gasteiger partial charge in [-0.3, -0.25) is 0 Å². The number of benzene rings is 1. The van der Waals surface area contributed by atoms with Crippen LogP contribution in [0.4, 0.5) is 4.39 Å². The summed E-state index contributed by atoms with van der Waals surface area (Å²) in [5, 5.41) is 3.08. The van der Waals surface area contributed by atoms with E-state index in [2.05, 4.69) is 5.32 Å². The van der Waals surface area contributed by atoms with Gasteiger partial charge in [0, 0.05) is 19.6 Å². The van der Waals surface area contributed by atoms with Gasteiger partial charge in [0.2, 0.25) is 10.0 Å².